The van der Waals surface area contributed by atoms with Crippen molar-refractivity contribution in [3.8, 4) is 23.0 Å². The molecule has 2 aromatic heterocycles. The predicted molar refractivity (Wildman–Crippen MR) is 129 cm³/mol. The molecule has 0 saturated carbocycles. The first kappa shape index (κ1) is 23.7. The van der Waals surface area contributed by atoms with E-state index in [1.165, 1.54) is 12.1 Å². The molecule has 0 fully saturated rings. The first-order valence-corrected chi connectivity index (χ1v) is 10.3. The van der Waals surface area contributed by atoms with Crippen molar-refractivity contribution >= 4 is 18.3 Å². The number of amides is 1. The molecule has 0 aliphatic carbocycles. The maximum Gasteiger partial charge on any atom is 0.251 e. The van der Waals surface area contributed by atoms with Crippen LogP contribution in [0.1, 0.15) is 33.5 Å². The van der Waals surface area contributed by atoms with Crippen LogP contribution < -0.4 is 5.32 Å². The number of nitrogens with one attached hydrogen (secondary N) is 2. The molecule has 7 heteroatoms. The number of H-pyrrole nitrogens is 1. The molecule has 0 spiro atoms. The van der Waals surface area contributed by atoms with Crippen LogP contribution in [0.3, 0.4) is 0 Å². The largest absolute Gasteiger partial charge is 0.352 e. The third-order valence-electron chi connectivity index (χ3n) is 4.94. The van der Waals surface area contributed by atoms with Gasteiger partial charge in [-0.1, -0.05) is 17.9 Å². The molecule has 4 aromatic rings. The van der Waals surface area contributed by atoms with Gasteiger partial charge < -0.3 is 5.32 Å². The van der Waals surface area contributed by atoms with E-state index in [2.05, 4.69) is 32.3 Å². The van der Waals surface area contributed by atoms with Crippen molar-refractivity contribution in [3.05, 3.63) is 107 Å². The van der Waals surface area contributed by atoms with Crippen LogP contribution in [0.4, 0.5) is 4.39 Å². The molecule has 0 aliphatic heterocycles. The highest BCUT2D eigenvalue weighted by atomic mass is 35.5. The van der Waals surface area contributed by atoms with Crippen molar-refractivity contribution in [1.29, 1.82) is 0 Å². The highest BCUT2D eigenvalue weighted by Gasteiger charge is 2.10. The zero-order chi connectivity index (χ0) is 22.2. The number of carbonyl (C=O) groups is 1. The molecule has 2 heterocycles. The number of pyridine rings is 1. The fraction of sp³-hybridized carbons (Fsp3) is 0.115. The summed E-state index contributed by atoms with van der Waals surface area (Å²) in [5, 5.41) is 9.66. The van der Waals surface area contributed by atoms with Crippen molar-refractivity contribution in [2.45, 2.75) is 12.8 Å². The van der Waals surface area contributed by atoms with E-state index in [0.29, 0.717) is 23.2 Å². The smallest absolute Gasteiger partial charge is 0.251 e. The van der Waals surface area contributed by atoms with Gasteiger partial charge >= 0.3 is 0 Å². The number of aryl methyl sites for hydroxylation is 1. The Bertz CT molecular complexity index is 1250. The summed E-state index contributed by atoms with van der Waals surface area (Å²) < 4.78 is 13.2. The maximum atomic E-state index is 13.2. The second kappa shape index (κ2) is 11.6. The summed E-state index contributed by atoms with van der Waals surface area (Å²) in [6.45, 7) is 0.562. The van der Waals surface area contributed by atoms with Crippen LogP contribution in [0.25, 0.3) is 11.1 Å². The minimum atomic E-state index is -0.306. The van der Waals surface area contributed by atoms with Gasteiger partial charge in [0.05, 0.1) is 6.20 Å². The van der Waals surface area contributed by atoms with Crippen LogP contribution in [0.2, 0.25) is 0 Å². The SMILES string of the molecule is Cl.O=C(NCCCc1cn[nH]c1)c1ccc(-c2ccncc2)c(C#Cc2ccc(F)cc2)c1. The van der Waals surface area contributed by atoms with E-state index in [9.17, 15) is 9.18 Å². The second-order valence-electron chi connectivity index (χ2n) is 7.22. The standard InChI is InChI=1S/C26H21FN4O.ClH/c27-24-8-4-19(5-9-24)3-6-22-16-23(7-10-25(22)21-11-14-28-15-12-21)26(32)29-13-1-2-20-17-30-31-18-20;/h4-5,7-12,14-18H,1-2,13H2,(H,29,32)(H,30,31);1H. The van der Waals surface area contributed by atoms with Gasteiger partial charge in [0.2, 0.25) is 0 Å². The lowest BCUT2D eigenvalue weighted by Crippen LogP contribution is -2.24. The van der Waals surface area contributed by atoms with Gasteiger partial charge in [0.1, 0.15) is 5.82 Å². The van der Waals surface area contributed by atoms with E-state index in [1.54, 1.807) is 42.9 Å². The van der Waals surface area contributed by atoms with Gasteiger partial charge in [0.15, 0.2) is 0 Å². The molecule has 4 rings (SSSR count). The van der Waals surface area contributed by atoms with E-state index in [-0.39, 0.29) is 24.1 Å². The van der Waals surface area contributed by atoms with Crippen molar-refractivity contribution in [1.82, 2.24) is 20.5 Å². The Hall–Kier alpha value is -3.95. The average molecular weight is 461 g/mol. The van der Waals surface area contributed by atoms with Crippen molar-refractivity contribution < 1.29 is 9.18 Å². The fourth-order valence-corrected chi connectivity index (χ4v) is 3.26. The van der Waals surface area contributed by atoms with Gasteiger partial charge in [-0.05, 0) is 78.1 Å². The van der Waals surface area contributed by atoms with E-state index < -0.39 is 0 Å². The Morgan fingerprint density at radius 3 is 2.55 bits per heavy atom. The first-order chi connectivity index (χ1) is 15.7. The van der Waals surface area contributed by atoms with Crippen LogP contribution in [0, 0.1) is 17.7 Å². The number of aromatic amines is 1. The number of nitrogens with zero attached hydrogens (tertiary/aromatic N) is 2. The number of benzene rings is 2. The zero-order valence-corrected chi connectivity index (χ0v) is 18.5. The minimum absolute atomic E-state index is 0. The molecule has 1 amide bonds. The maximum absolute atomic E-state index is 13.2. The van der Waals surface area contributed by atoms with Gasteiger partial charge in [0, 0.05) is 41.8 Å². The Kier molecular flexibility index (Phi) is 8.34. The van der Waals surface area contributed by atoms with E-state index >= 15 is 0 Å². The molecule has 33 heavy (non-hydrogen) atoms. The normalized spacial score (nSPS) is 9.97. The number of rotatable bonds is 6. The van der Waals surface area contributed by atoms with Crippen LogP contribution >= 0.6 is 12.4 Å². The van der Waals surface area contributed by atoms with Crippen molar-refractivity contribution in [2.24, 2.45) is 0 Å². The van der Waals surface area contributed by atoms with E-state index in [4.69, 9.17) is 0 Å². The second-order valence-corrected chi connectivity index (χ2v) is 7.22. The Morgan fingerprint density at radius 1 is 1.03 bits per heavy atom. The number of aromatic nitrogens is 3. The summed E-state index contributed by atoms with van der Waals surface area (Å²) in [5.74, 6) is 5.75. The Labute approximate surface area is 197 Å². The quantitative estimate of drug-likeness (QED) is 0.321. The lowest BCUT2D eigenvalue weighted by atomic mass is 9.98. The monoisotopic (exact) mass is 460 g/mol. The molecule has 0 radical (unpaired) electrons. The van der Waals surface area contributed by atoms with Gasteiger partial charge in [-0.2, -0.15) is 5.10 Å². The molecular formula is C26H22ClFN4O. The minimum Gasteiger partial charge on any atom is -0.352 e. The van der Waals surface area contributed by atoms with Crippen LogP contribution in [-0.2, 0) is 6.42 Å². The summed E-state index contributed by atoms with van der Waals surface area (Å²) >= 11 is 0. The summed E-state index contributed by atoms with van der Waals surface area (Å²) in [7, 11) is 0. The van der Waals surface area contributed by atoms with Gasteiger partial charge in [0.25, 0.3) is 5.91 Å². The number of halogens is 2. The van der Waals surface area contributed by atoms with Gasteiger partial charge in [-0.15, -0.1) is 12.4 Å². The lowest BCUT2D eigenvalue weighted by molar-refractivity contribution is 0.0953. The Morgan fingerprint density at radius 2 is 1.82 bits per heavy atom. The molecule has 2 aromatic carbocycles. The van der Waals surface area contributed by atoms with Gasteiger partial charge in [-0.3, -0.25) is 14.9 Å². The number of carbonyl (C=O) groups excluding carboxylic acids is 1. The highest BCUT2D eigenvalue weighted by molar-refractivity contribution is 5.95. The van der Waals surface area contributed by atoms with Gasteiger partial charge in [-0.25, -0.2) is 4.39 Å². The number of hydrogen-bond acceptors (Lipinski definition) is 3. The lowest BCUT2D eigenvalue weighted by Gasteiger charge is -2.09. The number of hydrogen-bond donors (Lipinski definition) is 2. The summed E-state index contributed by atoms with van der Waals surface area (Å²) in [6.07, 6.45) is 8.72. The highest BCUT2D eigenvalue weighted by Crippen LogP contribution is 2.24. The summed E-state index contributed by atoms with van der Waals surface area (Å²) in [5.41, 5.74) is 4.91. The Balaban J connectivity index is 0.00000306. The van der Waals surface area contributed by atoms with Crippen LogP contribution in [0.15, 0.2) is 79.4 Å². The first-order valence-electron chi connectivity index (χ1n) is 10.3. The third-order valence-corrected chi connectivity index (χ3v) is 4.94. The predicted octanol–water partition coefficient (Wildman–Crippen LogP) is 4.80. The van der Waals surface area contributed by atoms with E-state index in [1.807, 2.05) is 24.4 Å². The summed E-state index contributed by atoms with van der Waals surface area (Å²) in [6, 6.07) is 15.3. The van der Waals surface area contributed by atoms with Crippen LogP contribution in [0.5, 0.6) is 0 Å². The van der Waals surface area contributed by atoms with Crippen molar-refractivity contribution in [3.63, 3.8) is 0 Å². The van der Waals surface area contributed by atoms with Crippen molar-refractivity contribution in [2.75, 3.05) is 6.54 Å². The summed E-state index contributed by atoms with van der Waals surface area (Å²) in [4.78, 5) is 16.8. The molecule has 166 valence electrons. The zero-order valence-electron chi connectivity index (χ0n) is 17.7. The molecular weight excluding hydrogens is 439 g/mol. The van der Waals surface area contributed by atoms with E-state index in [0.717, 1.165) is 29.5 Å². The molecule has 0 atom stereocenters. The molecule has 2 N–H and O–H groups in total. The topological polar surface area (TPSA) is 70.7 Å². The molecule has 0 aliphatic rings. The molecule has 5 nitrogen and oxygen atoms in total. The third kappa shape index (κ3) is 6.52. The van der Waals surface area contributed by atoms with Crippen LogP contribution in [-0.4, -0.2) is 27.6 Å². The molecule has 0 saturated heterocycles. The molecule has 0 bridgehead atoms. The molecule has 0 unspecified atom stereocenters. The average Bonchev–Trinajstić information content (AvgIpc) is 3.35. The fourth-order valence-electron chi connectivity index (χ4n) is 3.26.